The first-order chi connectivity index (χ1) is 17.3. The van der Waals surface area contributed by atoms with Crippen LogP contribution in [0.4, 0.5) is 5.69 Å². The number of nitrogens with zero attached hydrogens (tertiary/aromatic N) is 2. The lowest BCUT2D eigenvalue weighted by Gasteiger charge is -2.22. The smallest absolute Gasteiger partial charge is 0.243 e. The van der Waals surface area contributed by atoms with Crippen LogP contribution in [0.3, 0.4) is 0 Å². The second kappa shape index (κ2) is 11.7. The van der Waals surface area contributed by atoms with Gasteiger partial charge in [0, 0.05) is 30.2 Å². The molecule has 2 aromatic carbocycles. The van der Waals surface area contributed by atoms with Crippen molar-refractivity contribution in [2.24, 2.45) is 0 Å². The molecule has 2 heterocycles. The maximum atomic E-state index is 13.5. The average Bonchev–Trinajstić information content (AvgIpc) is 3.22. The van der Waals surface area contributed by atoms with Gasteiger partial charge in [-0.1, -0.05) is 37.1 Å². The number of thiophene rings is 1. The molecule has 8 nitrogen and oxygen atoms in total. The molecule has 36 heavy (non-hydrogen) atoms. The first kappa shape index (κ1) is 26.5. The fourth-order valence-corrected chi connectivity index (χ4v) is 7.74. The van der Waals surface area contributed by atoms with Crippen molar-refractivity contribution >= 4 is 43.0 Å². The summed E-state index contributed by atoms with van der Waals surface area (Å²) in [5.74, 6) is -0.471. The van der Waals surface area contributed by atoms with Gasteiger partial charge >= 0.3 is 0 Å². The highest BCUT2D eigenvalue weighted by atomic mass is 32.2. The Morgan fingerprint density at radius 3 is 2.08 bits per heavy atom. The zero-order chi connectivity index (χ0) is 25.6. The molecule has 1 aliphatic rings. The number of carbonyl (C=O) groups excluding carboxylic acids is 1. The summed E-state index contributed by atoms with van der Waals surface area (Å²) in [6.45, 7) is 0.569. The minimum absolute atomic E-state index is 0.0238. The zero-order valence-corrected chi connectivity index (χ0v) is 22.2. The molecule has 0 atom stereocenters. The lowest BCUT2D eigenvalue weighted by Crippen LogP contribution is -2.37. The van der Waals surface area contributed by atoms with Crippen LogP contribution in [0.2, 0.25) is 0 Å². The van der Waals surface area contributed by atoms with Gasteiger partial charge in [-0.2, -0.15) is 8.61 Å². The van der Waals surface area contributed by atoms with Crippen LogP contribution in [0.5, 0.6) is 0 Å². The van der Waals surface area contributed by atoms with Crippen molar-refractivity contribution in [3.63, 3.8) is 0 Å². The number of para-hydroxylation sites is 1. The minimum Gasteiger partial charge on any atom is -0.325 e. The lowest BCUT2D eigenvalue weighted by molar-refractivity contribution is -0.116. The van der Waals surface area contributed by atoms with Crippen molar-refractivity contribution in [2.75, 3.05) is 25.0 Å². The molecule has 0 unspecified atom stereocenters. The molecular weight excluding hydrogens is 518 g/mol. The number of sulfonamides is 2. The summed E-state index contributed by atoms with van der Waals surface area (Å²) in [5.41, 5.74) is 0.569. The predicted octanol–water partition coefficient (Wildman–Crippen LogP) is 4.14. The summed E-state index contributed by atoms with van der Waals surface area (Å²) in [5, 5.41) is 4.56. The molecule has 4 rings (SSSR count). The highest BCUT2D eigenvalue weighted by Crippen LogP contribution is 2.25. The summed E-state index contributed by atoms with van der Waals surface area (Å²) in [6.07, 6.45) is 3.63. The second-order valence-electron chi connectivity index (χ2n) is 8.56. The Morgan fingerprint density at radius 1 is 0.833 bits per heavy atom. The molecule has 1 saturated heterocycles. The number of anilines is 1. The van der Waals surface area contributed by atoms with Crippen molar-refractivity contribution in [1.82, 2.24) is 8.61 Å². The van der Waals surface area contributed by atoms with Crippen molar-refractivity contribution in [3.8, 4) is 0 Å². The summed E-state index contributed by atoms with van der Waals surface area (Å²) >= 11 is 1.39. The molecule has 0 spiro atoms. The van der Waals surface area contributed by atoms with Crippen LogP contribution in [0.15, 0.2) is 81.9 Å². The van der Waals surface area contributed by atoms with Crippen LogP contribution in [0.25, 0.3) is 0 Å². The van der Waals surface area contributed by atoms with Crippen molar-refractivity contribution in [2.45, 2.75) is 42.0 Å². The molecule has 11 heteroatoms. The van der Waals surface area contributed by atoms with Crippen LogP contribution in [0.1, 0.15) is 30.6 Å². The van der Waals surface area contributed by atoms with Gasteiger partial charge in [0.2, 0.25) is 26.0 Å². The van der Waals surface area contributed by atoms with Gasteiger partial charge in [-0.25, -0.2) is 16.8 Å². The van der Waals surface area contributed by atoms with E-state index in [2.05, 4.69) is 5.32 Å². The largest absolute Gasteiger partial charge is 0.325 e. The Bertz CT molecular complexity index is 1350. The van der Waals surface area contributed by atoms with E-state index in [1.807, 2.05) is 17.5 Å². The molecule has 1 N–H and O–H groups in total. The summed E-state index contributed by atoms with van der Waals surface area (Å²) in [6, 6.07) is 17.7. The van der Waals surface area contributed by atoms with Crippen molar-refractivity contribution in [3.05, 3.63) is 77.0 Å². The van der Waals surface area contributed by atoms with Gasteiger partial charge in [-0.15, -0.1) is 11.3 Å². The minimum atomic E-state index is -4.09. The topological polar surface area (TPSA) is 104 Å². The van der Waals surface area contributed by atoms with Gasteiger partial charge in [-0.3, -0.25) is 4.79 Å². The number of amides is 1. The van der Waals surface area contributed by atoms with Crippen LogP contribution in [0, 0.1) is 0 Å². The van der Waals surface area contributed by atoms with E-state index in [1.54, 1.807) is 30.3 Å². The van der Waals surface area contributed by atoms with Crippen molar-refractivity contribution < 1.29 is 21.6 Å². The molecule has 1 aromatic heterocycles. The standard InChI is InChI=1S/C25H29N3O5S3/c29-25(26-21-9-4-3-5-10-21)20-28(19-22-11-8-18-34-22)36(32,33)24-14-12-23(13-15-24)35(30,31)27-16-6-1-2-7-17-27/h3-5,8-15,18H,1-2,6-7,16-17,19-20H2,(H,26,29). The first-order valence-corrected chi connectivity index (χ1v) is 15.5. The molecule has 0 radical (unpaired) electrons. The zero-order valence-electron chi connectivity index (χ0n) is 19.7. The maximum absolute atomic E-state index is 13.5. The van der Waals surface area contributed by atoms with E-state index >= 15 is 0 Å². The molecule has 3 aromatic rings. The average molecular weight is 548 g/mol. The summed E-state index contributed by atoms with van der Waals surface area (Å²) in [4.78, 5) is 13.5. The van der Waals surface area contributed by atoms with E-state index < -0.39 is 26.0 Å². The number of hydrogen-bond acceptors (Lipinski definition) is 6. The van der Waals surface area contributed by atoms with Crippen LogP contribution >= 0.6 is 11.3 Å². The number of nitrogens with one attached hydrogen (secondary N) is 1. The highest BCUT2D eigenvalue weighted by molar-refractivity contribution is 7.89. The Morgan fingerprint density at radius 2 is 1.47 bits per heavy atom. The van der Waals surface area contributed by atoms with E-state index in [0.29, 0.717) is 18.8 Å². The fourth-order valence-electron chi connectivity index (χ4n) is 4.05. The molecule has 1 amide bonds. The third kappa shape index (κ3) is 6.40. The van der Waals surface area contributed by atoms with Crippen LogP contribution in [-0.2, 0) is 31.4 Å². The van der Waals surface area contributed by atoms with Gasteiger partial charge < -0.3 is 5.32 Å². The SMILES string of the molecule is O=C(CN(Cc1cccs1)S(=O)(=O)c1ccc(S(=O)(=O)N2CCCCCC2)cc1)Nc1ccccc1. The van der Waals surface area contributed by atoms with Gasteiger partial charge in [0.15, 0.2) is 0 Å². The van der Waals surface area contributed by atoms with Gasteiger partial charge in [-0.05, 0) is 60.7 Å². The molecular formula is C25H29N3O5S3. The lowest BCUT2D eigenvalue weighted by atomic mass is 10.2. The predicted molar refractivity (Wildman–Crippen MR) is 141 cm³/mol. The monoisotopic (exact) mass is 547 g/mol. The van der Waals surface area contributed by atoms with E-state index in [-0.39, 0.29) is 22.9 Å². The molecule has 192 valence electrons. The molecule has 1 fully saturated rings. The van der Waals surface area contributed by atoms with E-state index in [0.717, 1.165) is 34.9 Å². The molecule has 0 bridgehead atoms. The Labute approximate surface area is 216 Å². The molecule has 0 saturated carbocycles. The summed E-state index contributed by atoms with van der Waals surface area (Å²) < 4.78 is 55.8. The third-order valence-electron chi connectivity index (χ3n) is 5.95. The second-order valence-corrected chi connectivity index (χ2v) is 13.5. The Kier molecular flexibility index (Phi) is 8.58. The number of carbonyl (C=O) groups is 1. The highest BCUT2D eigenvalue weighted by Gasteiger charge is 2.29. The van der Waals surface area contributed by atoms with Gasteiger partial charge in [0.05, 0.1) is 16.3 Å². The quantitative estimate of drug-likeness (QED) is 0.434. The molecule has 0 aliphatic carbocycles. The number of rotatable bonds is 9. The van der Waals surface area contributed by atoms with E-state index in [1.165, 1.54) is 39.9 Å². The third-order valence-corrected chi connectivity index (χ3v) is 10.5. The molecule has 1 aliphatic heterocycles. The summed E-state index contributed by atoms with van der Waals surface area (Å²) in [7, 11) is -7.79. The first-order valence-electron chi connectivity index (χ1n) is 11.7. The normalized spacial score (nSPS) is 15.5. The van der Waals surface area contributed by atoms with Gasteiger partial charge in [0.1, 0.15) is 0 Å². The Balaban J connectivity index is 1.56. The van der Waals surface area contributed by atoms with E-state index in [4.69, 9.17) is 0 Å². The van der Waals surface area contributed by atoms with Crippen LogP contribution in [-0.4, -0.2) is 51.0 Å². The van der Waals surface area contributed by atoms with Crippen LogP contribution < -0.4 is 5.32 Å². The van der Waals surface area contributed by atoms with Gasteiger partial charge in [0.25, 0.3) is 0 Å². The van der Waals surface area contributed by atoms with E-state index in [9.17, 15) is 21.6 Å². The van der Waals surface area contributed by atoms with Crippen molar-refractivity contribution in [1.29, 1.82) is 0 Å². The Hall–Kier alpha value is -2.57. The fraction of sp³-hybridized carbons (Fsp3) is 0.320. The number of benzene rings is 2. The number of hydrogen-bond donors (Lipinski definition) is 1. The maximum Gasteiger partial charge on any atom is 0.243 e.